The van der Waals surface area contributed by atoms with Crippen LogP contribution in [0.2, 0.25) is 0 Å². The summed E-state index contributed by atoms with van der Waals surface area (Å²) in [5.41, 5.74) is 1.03. The number of rotatable bonds is 3. The average Bonchev–Trinajstić information content (AvgIpc) is 2.37. The van der Waals surface area contributed by atoms with E-state index in [9.17, 15) is 4.39 Å². The van der Waals surface area contributed by atoms with Crippen molar-refractivity contribution in [2.24, 2.45) is 5.92 Å². The number of hydrogen-bond acceptors (Lipinski definition) is 1. The van der Waals surface area contributed by atoms with Crippen molar-refractivity contribution < 1.29 is 9.13 Å². The largest absolute Gasteiger partial charge is 0.494 e. The molecule has 0 N–H and O–H groups in total. The van der Waals surface area contributed by atoms with Gasteiger partial charge < -0.3 is 4.74 Å². The van der Waals surface area contributed by atoms with Crippen LogP contribution in [0.5, 0.6) is 5.75 Å². The number of ether oxygens (including phenoxy) is 1. The monoisotopic (exact) mass is 328 g/mol. The molecule has 1 saturated carbocycles. The van der Waals surface area contributed by atoms with Crippen molar-refractivity contribution in [3.63, 3.8) is 0 Å². The lowest BCUT2D eigenvalue weighted by atomic mass is 9.86. The summed E-state index contributed by atoms with van der Waals surface area (Å²) in [7, 11) is 1.50. The molecule has 1 aromatic rings. The van der Waals surface area contributed by atoms with Gasteiger partial charge in [0.05, 0.1) is 7.11 Å². The molecule has 1 fully saturated rings. The first kappa shape index (κ1) is 14.8. The minimum atomic E-state index is -0.268. The Morgan fingerprint density at radius 2 is 1.79 bits per heavy atom. The van der Waals surface area contributed by atoms with E-state index in [1.165, 1.54) is 52.1 Å². The highest BCUT2D eigenvalue weighted by Gasteiger charge is 2.22. The maximum Gasteiger partial charge on any atom is 0.165 e. The molecule has 106 valence electrons. The van der Waals surface area contributed by atoms with E-state index in [-0.39, 0.29) is 10.6 Å². The van der Waals surface area contributed by atoms with Crippen LogP contribution in [0.3, 0.4) is 0 Å². The van der Waals surface area contributed by atoms with Crippen molar-refractivity contribution in [2.45, 2.75) is 49.8 Å². The Bertz CT molecular complexity index is 400. The second kappa shape index (κ2) is 7.28. The van der Waals surface area contributed by atoms with Crippen molar-refractivity contribution in [1.29, 1.82) is 0 Å². The molecule has 1 unspecified atom stereocenters. The summed E-state index contributed by atoms with van der Waals surface area (Å²) in [6, 6.07) is 5.30. The molecule has 0 heterocycles. The first-order valence-corrected chi connectivity index (χ1v) is 8.11. The van der Waals surface area contributed by atoms with E-state index in [0.29, 0.717) is 11.7 Å². The van der Waals surface area contributed by atoms with E-state index in [1.54, 1.807) is 12.1 Å². The van der Waals surface area contributed by atoms with Gasteiger partial charge in [-0.05, 0) is 36.5 Å². The molecule has 1 aliphatic carbocycles. The van der Waals surface area contributed by atoms with Gasteiger partial charge in [0, 0.05) is 4.83 Å². The van der Waals surface area contributed by atoms with E-state index in [1.807, 2.05) is 6.07 Å². The zero-order valence-electron chi connectivity index (χ0n) is 11.5. The summed E-state index contributed by atoms with van der Waals surface area (Å²) in [5, 5.41) is 0. The minimum absolute atomic E-state index is 0.256. The number of halogens is 2. The smallest absolute Gasteiger partial charge is 0.165 e. The van der Waals surface area contributed by atoms with Gasteiger partial charge in [0.15, 0.2) is 11.6 Å². The topological polar surface area (TPSA) is 9.23 Å². The van der Waals surface area contributed by atoms with Crippen LogP contribution < -0.4 is 4.74 Å². The van der Waals surface area contributed by atoms with Crippen molar-refractivity contribution in [3.8, 4) is 5.75 Å². The van der Waals surface area contributed by atoms with Crippen molar-refractivity contribution >= 4 is 15.9 Å². The molecule has 0 bridgehead atoms. The maximum atomic E-state index is 13.8. The van der Waals surface area contributed by atoms with Crippen LogP contribution in [-0.4, -0.2) is 7.11 Å². The summed E-state index contributed by atoms with van der Waals surface area (Å²) in [5.74, 6) is 0.671. The molecule has 1 nitrogen and oxygen atoms in total. The minimum Gasteiger partial charge on any atom is -0.494 e. The first-order chi connectivity index (χ1) is 9.22. The fourth-order valence-corrected chi connectivity index (χ4v) is 3.72. The van der Waals surface area contributed by atoms with Crippen molar-refractivity contribution in [3.05, 3.63) is 29.6 Å². The molecular formula is C16H22BrFO. The first-order valence-electron chi connectivity index (χ1n) is 7.20. The number of benzene rings is 1. The van der Waals surface area contributed by atoms with Crippen LogP contribution in [0, 0.1) is 11.7 Å². The predicted octanol–water partition coefficient (Wildman–Crippen LogP) is 5.63. The maximum absolute atomic E-state index is 13.8. The summed E-state index contributed by atoms with van der Waals surface area (Å²) in [6.45, 7) is 0. The fourth-order valence-electron chi connectivity index (χ4n) is 2.91. The summed E-state index contributed by atoms with van der Waals surface area (Å²) in [4.78, 5) is 0.256. The van der Waals surface area contributed by atoms with Gasteiger partial charge in [-0.2, -0.15) is 0 Å². The Hall–Kier alpha value is -0.570. The molecule has 1 atom stereocenters. The number of methoxy groups -OCH3 is 1. The second-order valence-corrected chi connectivity index (χ2v) is 6.39. The van der Waals surface area contributed by atoms with Gasteiger partial charge >= 0.3 is 0 Å². The van der Waals surface area contributed by atoms with Gasteiger partial charge in [0.1, 0.15) is 0 Å². The van der Waals surface area contributed by atoms with Crippen molar-refractivity contribution in [2.75, 3.05) is 7.11 Å². The van der Waals surface area contributed by atoms with Gasteiger partial charge in [-0.25, -0.2) is 4.39 Å². The normalized spacial score (nSPS) is 19.5. The quantitative estimate of drug-likeness (QED) is 0.653. The Morgan fingerprint density at radius 3 is 2.37 bits per heavy atom. The number of hydrogen-bond donors (Lipinski definition) is 0. The van der Waals surface area contributed by atoms with Crippen LogP contribution in [0.4, 0.5) is 4.39 Å². The highest BCUT2D eigenvalue weighted by atomic mass is 79.9. The Morgan fingerprint density at radius 1 is 1.16 bits per heavy atom. The standard InChI is InChI=1S/C16H22BrFO/c1-19-15-10-9-13(11-14(15)18)16(17)12-7-5-3-2-4-6-8-12/h9-12,16H,2-8H2,1H3. The summed E-state index contributed by atoms with van der Waals surface area (Å²) in [6.07, 6.45) is 9.13. The van der Waals surface area contributed by atoms with E-state index in [4.69, 9.17) is 4.74 Å². The summed E-state index contributed by atoms with van der Waals surface area (Å²) < 4.78 is 18.7. The molecule has 0 amide bonds. The molecule has 2 rings (SSSR count). The van der Waals surface area contributed by atoms with Crippen LogP contribution >= 0.6 is 15.9 Å². The lowest BCUT2D eigenvalue weighted by Crippen LogP contribution is -2.10. The Labute approximate surface area is 123 Å². The highest BCUT2D eigenvalue weighted by molar-refractivity contribution is 9.09. The van der Waals surface area contributed by atoms with Gasteiger partial charge in [0.25, 0.3) is 0 Å². The molecule has 0 spiro atoms. The third kappa shape index (κ3) is 3.95. The Balaban J connectivity index is 2.08. The number of alkyl halides is 1. The predicted molar refractivity (Wildman–Crippen MR) is 80.4 cm³/mol. The fraction of sp³-hybridized carbons (Fsp3) is 0.625. The van der Waals surface area contributed by atoms with E-state index < -0.39 is 0 Å². The lowest BCUT2D eigenvalue weighted by Gasteiger charge is -2.25. The molecule has 1 aliphatic rings. The molecule has 1 aromatic carbocycles. The van der Waals surface area contributed by atoms with Gasteiger partial charge in [-0.1, -0.05) is 54.1 Å². The van der Waals surface area contributed by atoms with Crippen LogP contribution in [0.1, 0.15) is 55.3 Å². The molecular weight excluding hydrogens is 307 g/mol. The molecule has 3 heteroatoms. The van der Waals surface area contributed by atoms with Crippen molar-refractivity contribution in [1.82, 2.24) is 0 Å². The van der Waals surface area contributed by atoms with Crippen LogP contribution in [-0.2, 0) is 0 Å². The molecule has 0 saturated heterocycles. The third-order valence-corrected chi connectivity index (χ3v) is 5.33. The Kier molecular flexibility index (Phi) is 5.68. The van der Waals surface area contributed by atoms with Gasteiger partial charge in [-0.15, -0.1) is 0 Å². The molecule has 0 radical (unpaired) electrons. The SMILES string of the molecule is COc1ccc(C(Br)C2CCCCCCC2)cc1F. The third-order valence-electron chi connectivity index (χ3n) is 4.06. The average molecular weight is 329 g/mol. The van der Waals surface area contributed by atoms with Gasteiger partial charge in [0.2, 0.25) is 0 Å². The van der Waals surface area contributed by atoms with E-state index in [2.05, 4.69) is 15.9 Å². The van der Waals surface area contributed by atoms with E-state index >= 15 is 0 Å². The van der Waals surface area contributed by atoms with E-state index in [0.717, 1.165) is 5.56 Å². The molecule has 19 heavy (non-hydrogen) atoms. The lowest BCUT2D eigenvalue weighted by molar-refractivity contribution is 0.371. The highest BCUT2D eigenvalue weighted by Crippen LogP contribution is 2.39. The van der Waals surface area contributed by atoms with Crippen LogP contribution in [0.15, 0.2) is 18.2 Å². The zero-order chi connectivity index (χ0) is 13.7. The second-order valence-electron chi connectivity index (χ2n) is 5.40. The summed E-state index contributed by atoms with van der Waals surface area (Å²) >= 11 is 3.78. The van der Waals surface area contributed by atoms with Crippen LogP contribution in [0.25, 0.3) is 0 Å². The zero-order valence-corrected chi connectivity index (χ0v) is 13.1. The molecule has 0 aliphatic heterocycles. The van der Waals surface area contributed by atoms with Gasteiger partial charge in [-0.3, -0.25) is 0 Å². The molecule has 0 aromatic heterocycles.